The number of methoxy groups -OCH3 is 3. The topological polar surface area (TPSA) is 88.1 Å². The van der Waals surface area contributed by atoms with Crippen molar-refractivity contribution in [3.8, 4) is 0 Å². The van der Waals surface area contributed by atoms with Crippen LogP contribution in [0.1, 0.15) is 37.4 Å². The van der Waals surface area contributed by atoms with Crippen molar-refractivity contribution in [3.05, 3.63) is 72.0 Å². The molecule has 7 nitrogen and oxygen atoms in total. The molecular formula is C24H28O7. The SMILES string of the molecule is COC(=O)/C=C/CC(CC/C=C/C1=COC(c2ccccc2)C1)(C(=O)OC)C(=O)OC. The molecule has 1 aliphatic rings. The van der Waals surface area contributed by atoms with Crippen molar-refractivity contribution in [2.45, 2.75) is 31.8 Å². The summed E-state index contributed by atoms with van der Waals surface area (Å²) in [5, 5.41) is 0. The van der Waals surface area contributed by atoms with Crippen LogP contribution in [-0.4, -0.2) is 39.2 Å². The fourth-order valence-corrected chi connectivity index (χ4v) is 3.39. The third-order valence-corrected chi connectivity index (χ3v) is 5.12. The minimum atomic E-state index is -1.55. The predicted molar refractivity (Wildman–Crippen MR) is 114 cm³/mol. The Bertz CT molecular complexity index is 836. The van der Waals surface area contributed by atoms with Gasteiger partial charge in [-0.1, -0.05) is 48.6 Å². The van der Waals surface area contributed by atoms with Crippen molar-refractivity contribution in [2.75, 3.05) is 21.3 Å². The first kappa shape index (κ1) is 23.9. The molecule has 0 fully saturated rings. The van der Waals surface area contributed by atoms with Crippen molar-refractivity contribution in [1.29, 1.82) is 0 Å². The van der Waals surface area contributed by atoms with Crippen LogP contribution in [0.5, 0.6) is 0 Å². The van der Waals surface area contributed by atoms with Crippen LogP contribution in [0.2, 0.25) is 0 Å². The zero-order chi connectivity index (χ0) is 22.7. The maximum Gasteiger partial charge on any atom is 0.330 e. The molecule has 1 aromatic rings. The average molecular weight is 428 g/mol. The van der Waals surface area contributed by atoms with E-state index in [1.54, 1.807) is 6.26 Å². The molecule has 166 valence electrons. The van der Waals surface area contributed by atoms with E-state index in [4.69, 9.17) is 14.2 Å². The van der Waals surface area contributed by atoms with Gasteiger partial charge in [-0.2, -0.15) is 0 Å². The highest BCUT2D eigenvalue weighted by Gasteiger charge is 2.46. The molecule has 0 bridgehead atoms. The smallest absolute Gasteiger partial charge is 0.330 e. The molecule has 31 heavy (non-hydrogen) atoms. The second-order valence-corrected chi connectivity index (χ2v) is 7.07. The van der Waals surface area contributed by atoms with E-state index in [1.165, 1.54) is 33.5 Å². The van der Waals surface area contributed by atoms with Gasteiger partial charge in [-0.25, -0.2) is 4.79 Å². The van der Waals surface area contributed by atoms with Gasteiger partial charge in [0.25, 0.3) is 0 Å². The Balaban J connectivity index is 2.03. The van der Waals surface area contributed by atoms with Crippen molar-refractivity contribution in [2.24, 2.45) is 5.41 Å². The Morgan fingerprint density at radius 3 is 2.32 bits per heavy atom. The lowest BCUT2D eigenvalue weighted by atomic mass is 9.79. The Morgan fingerprint density at radius 1 is 1.03 bits per heavy atom. The standard InChI is InChI=1S/C24H28O7/c1-28-21(25)13-9-15-24(22(26)29-2,23(27)30-3)14-8-7-10-18-16-20(31-17-18)19-11-5-4-6-12-19/h4-7,9-13,17,20H,8,14-16H2,1-3H3/b10-7+,13-9+. The molecule has 1 aliphatic heterocycles. The molecule has 0 spiro atoms. The average Bonchev–Trinajstić information content (AvgIpc) is 3.29. The molecular weight excluding hydrogens is 400 g/mol. The van der Waals surface area contributed by atoms with E-state index in [0.717, 1.165) is 17.6 Å². The number of allylic oxidation sites excluding steroid dienone is 3. The Morgan fingerprint density at radius 2 is 1.71 bits per heavy atom. The molecule has 1 heterocycles. The molecule has 0 saturated carbocycles. The lowest BCUT2D eigenvalue weighted by molar-refractivity contribution is -0.169. The van der Waals surface area contributed by atoms with Gasteiger partial charge in [0.15, 0.2) is 5.41 Å². The first-order valence-corrected chi connectivity index (χ1v) is 9.94. The zero-order valence-corrected chi connectivity index (χ0v) is 18.0. The van der Waals surface area contributed by atoms with Crippen molar-refractivity contribution >= 4 is 17.9 Å². The second kappa shape index (κ2) is 11.7. The van der Waals surface area contributed by atoms with E-state index < -0.39 is 23.3 Å². The number of benzene rings is 1. The van der Waals surface area contributed by atoms with Crippen molar-refractivity contribution < 1.29 is 33.3 Å². The highest BCUT2D eigenvalue weighted by atomic mass is 16.5. The Hall–Kier alpha value is -3.35. The van der Waals surface area contributed by atoms with E-state index in [9.17, 15) is 14.4 Å². The summed E-state index contributed by atoms with van der Waals surface area (Å²) in [4.78, 5) is 36.3. The summed E-state index contributed by atoms with van der Waals surface area (Å²) in [5.74, 6) is -2.01. The number of rotatable bonds is 10. The van der Waals surface area contributed by atoms with Crippen LogP contribution in [-0.2, 0) is 33.3 Å². The minimum absolute atomic E-state index is 0.0199. The third-order valence-electron chi connectivity index (χ3n) is 5.12. The normalized spacial score (nSPS) is 16.1. The van der Waals surface area contributed by atoms with E-state index in [1.807, 2.05) is 42.5 Å². The van der Waals surface area contributed by atoms with Crippen LogP contribution in [0.15, 0.2) is 66.5 Å². The zero-order valence-electron chi connectivity index (χ0n) is 18.0. The highest BCUT2D eigenvalue weighted by molar-refractivity contribution is 6.00. The van der Waals surface area contributed by atoms with Crippen LogP contribution in [0, 0.1) is 5.41 Å². The van der Waals surface area contributed by atoms with Gasteiger partial charge in [-0.15, -0.1) is 0 Å². The molecule has 1 aromatic carbocycles. The molecule has 1 atom stereocenters. The van der Waals surface area contributed by atoms with Gasteiger partial charge in [0.05, 0.1) is 27.6 Å². The molecule has 0 amide bonds. The van der Waals surface area contributed by atoms with Crippen LogP contribution >= 0.6 is 0 Å². The van der Waals surface area contributed by atoms with Gasteiger partial charge >= 0.3 is 17.9 Å². The van der Waals surface area contributed by atoms with Crippen LogP contribution in [0.4, 0.5) is 0 Å². The van der Waals surface area contributed by atoms with Gasteiger partial charge < -0.3 is 18.9 Å². The highest BCUT2D eigenvalue weighted by Crippen LogP contribution is 2.34. The maximum atomic E-state index is 12.5. The molecule has 0 N–H and O–H groups in total. The number of carbonyl (C=O) groups is 3. The molecule has 0 aliphatic carbocycles. The summed E-state index contributed by atoms with van der Waals surface area (Å²) in [7, 11) is 3.67. The molecule has 0 aromatic heterocycles. The summed E-state index contributed by atoms with van der Waals surface area (Å²) < 4.78 is 20.0. The molecule has 7 heteroatoms. The predicted octanol–water partition coefficient (Wildman–Crippen LogP) is 3.82. The van der Waals surface area contributed by atoms with E-state index in [2.05, 4.69) is 4.74 Å². The molecule has 0 radical (unpaired) electrons. The number of esters is 3. The fraction of sp³-hybridized carbons (Fsp3) is 0.375. The summed E-state index contributed by atoms with van der Waals surface area (Å²) >= 11 is 0. The summed E-state index contributed by atoms with van der Waals surface area (Å²) in [6, 6.07) is 9.95. The van der Waals surface area contributed by atoms with Gasteiger partial charge in [0.1, 0.15) is 6.10 Å². The second-order valence-electron chi connectivity index (χ2n) is 7.07. The van der Waals surface area contributed by atoms with Gasteiger partial charge in [0, 0.05) is 12.5 Å². The molecule has 0 saturated heterocycles. The number of ether oxygens (including phenoxy) is 4. The molecule has 1 unspecified atom stereocenters. The Kier molecular flexibility index (Phi) is 9.06. The molecule has 2 rings (SSSR count). The van der Waals surface area contributed by atoms with Crippen LogP contribution in [0.25, 0.3) is 0 Å². The lowest BCUT2D eigenvalue weighted by Crippen LogP contribution is -2.41. The minimum Gasteiger partial charge on any atom is -0.493 e. The van der Waals surface area contributed by atoms with Crippen LogP contribution in [0.3, 0.4) is 0 Å². The quantitative estimate of drug-likeness (QED) is 0.242. The van der Waals surface area contributed by atoms with E-state index in [-0.39, 0.29) is 18.9 Å². The van der Waals surface area contributed by atoms with Crippen LogP contribution < -0.4 is 0 Å². The first-order valence-electron chi connectivity index (χ1n) is 9.94. The fourth-order valence-electron chi connectivity index (χ4n) is 3.39. The van der Waals surface area contributed by atoms with Gasteiger partial charge in [-0.05, 0) is 30.4 Å². The van der Waals surface area contributed by atoms with E-state index >= 15 is 0 Å². The monoisotopic (exact) mass is 428 g/mol. The maximum absolute atomic E-state index is 12.5. The summed E-state index contributed by atoms with van der Waals surface area (Å²) in [6.07, 6.45) is 9.36. The number of carbonyl (C=O) groups excluding carboxylic acids is 3. The summed E-state index contributed by atoms with van der Waals surface area (Å²) in [6.45, 7) is 0. The first-order chi connectivity index (χ1) is 15.0. The van der Waals surface area contributed by atoms with Crippen molar-refractivity contribution in [1.82, 2.24) is 0 Å². The number of hydrogen-bond donors (Lipinski definition) is 0. The summed E-state index contributed by atoms with van der Waals surface area (Å²) in [5.41, 5.74) is 0.571. The lowest BCUT2D eigenvalue weighted by Gasteiger charge is -2.26. The van der Waals surface area contributed by atoms with Gasteiger partial charge in [-0.3, -0.25) is 9.59 Å². The number of hydrogen-bond acceptors (Lipinski definition) is 7. The van der Waals surface area contributed by atoms with E-state index in [0.29, 0.717) is 6.42 Å². The largest absolute Gasteiger partial charge is 0.493 e. The van der Waals surface area contributed by atoms with Crippen molar-refractivity contribution in [3.63, 3.8) is 0 Å². The van der Waals surface area contributed by atoms with Gasteiger partial charge in [0.2, 0.25) is 0 Å². The Labute approximate surface area is 182 Å². The third kappa shape index (κ3) is 6.31.